The maximum absolute atomic E-state index is 12.6. The van der Waals surface area contributed by atoms with Gasteiger partial charge in [0.15, 0.2) is 5.75 Å². The summed E-state index contributed by atoms with van der Waals surface area (Å²) in [6, 6.07) is 17.7. The second kappa shape index (κ2) is 10.6. The molecule has 10 heteroatoms. The standard InChI is InChI=1S/C23H15Cl2IN2O4S/c1-14-5-7-19(8-6-14)33(30,31)32-22-20(24)10-15(11-21(22)25)9-16(13-27)23(29)28-18-4-2-3-17(26)12-18/h2-12H,1H3,(H,28,29)/b16-9+. The molecule has 0 saturated carbocycles. The van der Waals surface area contributed by atoms with E-state index >= 15 is 0 Å². The Morgan fingerprint density at radius 2 is 1.73 bits per heavy atom. The molecule has 0 heterocycles. The van der Waals surface area contributed by atoms with Crippen LogP contribution in [0.2, 0.25) is 10.0 Å². The Morgan fingerprint density at radius 3 is 2.30 bits per heavy atom. The van der Waals surface area contributed by atoms with Gasteiger partial charge in [-0.15, -0.1) is 0 Å². The number of carbonyl (C=O) groups excluding carboxylic acids is 1. The second-order valence-electron chi connectivity index (χ2n) is 6.80. The zero-order chi connectivity index (χ0) is 24.2. The molecule has 3 aromatic rings. The zero-order valence-electron chi connectivity index (χ0n) is 17.0. The van der Waals surface area contributed by atoms with Crippen LogP contribution in [0.4, 0.5) is 5.69 Å². The first-order valence-corrected chi connectivity index (χ1v) is 12.5. The van der Waals surface area contributed by atoms with Crippen LogP contribution in [0, 0.1) is 21.8 Å². The fraction of sp³-hybridized carbons (Fsp3) is 0.0435. The lowest BCUT2D eigenvalue weighted by molar-refractivity contribution is -0.112. The highest BCUT2D eigenvalue weighted by Crippen LogP contribution is 2.37. The first-order chi connectivity index (χ1) is 15.6. The van der Waals surface area contributed by atoms with Crippen molar-refractivity contribution < 1.29 is 17.4 Å². The molecule has 3 aromatic carbocycles. The van der Waals surface area contributed by atoms with Gasteiger partial charge in [-0.1, -0.05) is 47.0 Å². The molecular formula is C23H15Cl2IN2O4S. The average molecular weight is 613 g/mol. The van der Waals surface area contributed by atoms with Crippen molar-refractivity contribution in [3.8, 4) is 11.8 Å². The number of anilines is 1. The number of rotatable bonds is 6. The van der Waals surface area contributed by atoms with Crippen LogP contribution in [0.25, 0.3) is 6.08 Å². The molecule has 1 N–H and O–H groups in total. The molecule has 0 bridgehead atoms. The summed E-state index contributed by atoms with van der Waals surface area (Å²) in [7, 11) is -4.17. The van der Waals surface area contributed by atoms with Gasteiger partial charge in [-0.05, 0) is 83.6 Å². The van der Waals surface area contributed by atoms with Crippen LogP contribution in [0.3, 0.4) is 0 Å². The molecular weight excluding hydrogens is 598 g/mol. The van der Waals surface area contributed by atoms with E-state index in [4.69, 9.17) is 27.4 Å². The third-order valence-electron chi connectivity index (χ3n) is 4.28. The lowest BCUT2D eigenvalue weighted by atomic mass is 10.1. The number of nitriles is 1. The molecule has 6 nitrogen and oxygen atoms in total. The molecule has 168 valence electrons. The molecule has 33 heavy (non-hydrogen) atoms. The van der Waals surface area contributed by atoms with Gasteiger partial charge in [-0.2, -0.15) is 13.7 Å². The molecule has 0 aromatic heterocycles. The smallest absolute Gasteiger partial charge is 0.339 e. The Labute approximate surface area is 215 Å². The summed E-state index contributed by atoms with van der Waals surface area (Å²) in [5, 5.41) is 11.9. The van der Waals surface area contributed by atoms with Crippen LogP contribution in [-0.2, 0) is 14.9 Å². The highest BCUT2D eigenvalue weighted by Gasteiger charge is 2.21. The fourth-order valence-corrected chi connectivity index (χ4v) is 4.87. The van der Waals surface area contributed by atoms with E-state index in [1.165, 1.54) is 30.3 Å². The van der Waals surface area contributed by atoms with Gasteiger partial charge in [0.25, 0.3) is 5.91 Å². The summed E-state index contributed by atoms with van der Waals surface area (Å²) >= 11 is 14.5. The molecule has 0 aliphatic carbocycles. The average Bonchev–Trinajstić information content (AvgIpc) is 2.75. The molecule has 0 fully saturated rings. The molecule has 0 unspecified atom stereocenters. The summed E-state index contributed by atoms with van der Waals surface area (Å²) in [5.74, 6) is -0.869. The van der Waals surface area contributed by atoms with Gasteiger partial charge in [0, 0.05) is 9.26 Å². The van der Waals surface area contributed by atoms with Crippen LogP contribution in [0.5, 0.6) is 5.75 Å². The van der Waals surface area contributed by atoms with E-state index in [2.05, 4.69) is 27.9 Å². The summed E-state index contributed by atoms with van der Waals surface area (Å²) in [6.45, 7) is 1.83. The van der Waals surface area contributed by atoms with E-state index in [9.17, 15) is 18.5 Å². The van der Waals surface area contributed by atoms with Crippen LogP contribution in [-0.4, -0.2) is 14.3 Å². The highest BCUT2D eigenvalue weighted by molar-refractivity contribution is 14.1. The molecule has 0 radical (unpaired) electrons. The maximum atomic E-state index is 12.6. The van der Waals surface area contributed by atoms with Crippen LogP contribution in [0.15, 0.2) is 71.1 Å². The topological polar surface area (TPSA) is 96.3 Å². The number of aryl methyl sites for hydroxylation is 1. The van der Waals surface area contributed by atoms with E-state index in [0.717, 1.165) is 9.13 Å². The number of benzene rings is 3. The summed E-state index contributed by atoms with van der Waals surface area (Å²) in [5.41, 5.74) is 1.55. The van der Waals surface area contributed by atoms with Crippen molar-refractivity contribution in [3.05, 3.63) is 91.0 Å². The lowest BCUT2D eigenvalue weighted by Crippen LogP contribution is -2.13. The first-order valence-electron chi connectivity index (χ1n) is 9.28. The van der Waals surface area contributed by atoms with E-state index < -0.39 is 16.0 Å². The molecule has 1 amide bonds. The number of nitrogens with one attached hydrogen (secondary N) is 1. The SMILES string of the molecule is Cc1ccc(S(=O)(=O)Oc2c(Cl)cc(/C=C(\C#N)C(=O)Nc3cccc(I)c3)cc2Cl)cc1. The summed E-state index contributed by atoms with van der Waals surface area (Å²) < 4.78 is 31.2. The van der Waals surface area contributed by atoms with E-state index in [1.54, 1.807) is 30.3 Å². The quantitative estimate of drug-likeness (QED) is 0.154. The fourth-order valence-electron chi connectivity index (χ4n) is 2.69. The molecule has 0 aliphatic heterocycles. The van der Waals surface area contributed by atoms with Crippen molar-refractivity contribution in [2.75, 3.05) is 5.32 Å². The molecule has 0 saturated heterocycles. The van der Waals surface area contributed by atoms with Crippen LogP contribution >= 0.6 is 45.8 Å². The highest BCUT2D eigenvalue weighted by atomic mass is 127. The summed E-state index contributed by atoms with van der Waals surface area (Å²) in [6.07, 6.45) is 1.29. The first kappa shape index (κ1) is 25.1. The van der Waals surface area contributed by atoms with Gasteiger partial charge < -0.3 is 9.50 Å². The van der Waals surface area contributed by atoms with Crippen LogP contribution in [0.1, 0.15) is 11.1 Å². The zero-order valence-corrected chi connectivity index (χ0v) is 21.5. The monoisotopic (exact) mass is 612 g/mol. The molecule has 0 atom stereocenters. The van der Waals surface area contributed by atoms with Gasteiger partial charge in [-0.25, -0.2) is 0 Å². The third kappa shape index (κ3) is 6.48. The number of halogens is 3. The van der Waals surface area contributed by atoms with Gasteiger partial charge >= 0.3 is 10.1 Å². The number of hydrogen-bond acceptors (Lipinski definition) is 5. The van der Waals surface area contributed by atoms with Gasteiger partial charge in [-0.3, -0.25) is 4.79 Å². The number of hydrogen-bond donors (Lipinski definition) is 1. The Hall–Kier alpha value is -2.58. The predicted octanol–water partition coefficient (Wildman–Crippen LogP) is 6.22. The predicted molar refractivity (Wildman–Crippen MR) is 137 cm³/mol. The Bertz CT molecular complexity index is 1380. The normalized spacial score (nSPS) is 11.5. The maximum Gasteiger partial charge on any atom is 0.339 e. The summed E-state index contributed by atoms with van der Waals surface area (Å²) in [4.78, 5) is 12.4. The second-order valence-corrected chi connectivity index (χ2v) is 10.4. The molecule has 3 rings (SSSR count). The van der Waals surface area contributed by atoms with E-state index in [0.29, 0.717) is 11.3 Å². The van der Waals surface area contributed by atoms with Crippen molar-refractivity contribution in [1.82, 2.24) is 0 Å². The number of nitrogens with zero attached hydrogens (tertiary/aromatic N) is 1. The minimum Gasteiger partial charge on any atom is -0.376 e. The third-order valence-corrected chi connectivity index (χ3v) is 6.75. The Morgan fingerprint density at radius 1 is 1.09 bits per heavy atom. The van der Waals surface area contributed by atoms with E-state index in [-0.39, 0.29) is 26.3 Å². The molecule has 0 aliphatic rings. The van der Waals surface area contributed by atoms with Crippen molar-refractivity contribution >= 4 is 73.6 Å². The number of amides is 1. The largest absolute Gasteiger partial charge is 0.376 e. The van der Waals surface area contributed by atoms with Gasteiger partial charge in [0.05, 0.1) is 10.0 Å². The van der Waals surface area contributed by atoms with Crippen molar-refractivity contribution in [1.29, 1.82) is 5.26 Å². The molecule has 0 spiro atoms. The van der Waals surface area contributed by atoms with Crippen molar-refractivity contribution in [2.45, 2.75) is 11.8 Å². The Balaban J connectivity index is 1.86. The van der Waals surface area contributed by atoms with E-state index in [1.807, 2.05) is 19.1 Å². The van der Waals surface area contributed by atoms with Crippen molar-refractivity contribution in [3.63, 3.8) is 0 Å². The lowest BCUT2D eigenvalue weighted by Gasteiger charge is -2.11. The van der Waals surface area contributed by atoms with Crippen molar-refractivity contribution in [2.24, 2.45) is 0 Å². The van der Waals surface area contributed by atoms with Gasteiger partial charge in [0.1, 0.15) is 16.5 Å². The minimum atomic E-state index is -4.17. The Kier molecular flexibility index (Phi) is 8.02. The van der Waals surface area contributed by atoms with Gasteiger partial charge in [0.2, 0.25) is 0 Å². The minimum absolute atomic E-state index is 0.0526. The number of carbonyl (C=O) groups is 1. The van der Waals surface area contributed by atoms with Crippen LogP contribution < -0.4 is 9.50 Å².